The van der Waals surface area contributed by atoms with Crippen molar-refractivity contribution in [1.82, 2.24) is 4.90 Å². The average molecular weight is 362 g/mol. The average Bonchev–Trinajstić information content (AvgIpc) is 2.52. The van der Waals surface area contributed by atoms with Crippen LogP contribution in [0.4, 0.5) is 4.79 Å². The Morgan fingerprint density at radius 2 is 1.77 bits per heavy atom. The molecule has 0 aliphatic carbocycles. The monoisotopic (exact) mass is 362 g/mol. The largest absolute Gasteiger partial charge is 0.443 e. The summed E-state index contributed by atoms with van der Waals surface area (Å²) in [6, 6.07) is 7.44. The van der Waals surface area contributed by atoms with Gasteiger partial charge in [0.2, 0.25) is 5.91 Å². The van der Waals surface area contributed by atoms with E-state index in [1.165, 1.54) is 0 Å². The molecule has 0 unspecified atom stereocenters. The van der Waals surface area contributed by atoms with Crippen molar-refractivity contribution in [1.29, 1.82) is 0 Å². The molecule has 0 aliphatic heterocycles. The highest BCUT2D eigenvalue weighted by Crippen LogP contribution is 2.17. The minimum Gasteiger partial charge on any atom is -0.443 e. The summed E-state index contributed by atoms with van der Waals surface area (Å²) < 4.78 is 5.34. The molecule has 2 amide bonds. The van der Waals surface area contributed by atoms with Crippen molar-refractivity contribution in [3.05, 3.63) is 35.9 Å². The van der Waals surface area contributed by atoms with Gasteiger partial charge in [0.25, 0.3) is 0 Å². The van der Waals surface area contributed by atoms with Gasteiger partial charge < -0.3 is 15.3 Å². The molecule has 0 saturated heterocycles. The molecule has 0 radical (unpaired) electrons. The second kappa shape index (κ2) is 9.48. The van der Waals surface area contributed by atoms with Crippen LogP contribution in [0.15, 0.2) is 30.3 Å². The Morgan fingerprint density at radius 3 is 2.23 bits per heavy atom. The smallest absolute Gasteiger partial charge is 0.417 e. The Labute approximate surface area is 155 Å². The Kier molecular flexibility index (Phi) is 7.96. The van der Waals surface area contributed by atoms with E-state index >= 15 is 0 Å². The highest BCUT2D eigenvalue weighted by atomic mass is 16.6. The summed E-state index contributed by atoms with van der Waals surface area (Å²) in [6.45, 7) is 8.94. The number of amides is 2. The first-order valence-electron chi connectivity index (χ1n) is 8.86. The highest BCUT2D eigenvalue weighted by molar-refractivity contribution is 5.97. The van der Waals surface area contributed by atoms with Gasteiger partial charge in [-0.25, -0.2) is 9.69 Å². The van der Waals surface area contributed by atoms with Crippen LogP contribution in [0.5, 0.6) is 0 Å². The quantitative estimate of drug-likeness (QED) is 0.753. The molecule has 6 nitrogen and oxygen atoms in total. The van der Waals surface area contributed by atoms with Crippen LogP contribution in [0.2, 0.25) is 0 Å². The van der Waals surface area contributed by atoms with Crippen molar-refractivity contribution in [2.75, 3.05) is 0 Å². The van der Waals surface area contributed by atoms with E-state index in [1.807, 2.05) is 44.2 Å². The van der Waals surface area contributed by atoms with Gasteiger partial charge in [-0.1, -0.05) is 44.2 Å². The molecule has 0 aromatic heterocycles. The standard InChI is InChI=1S/C20H30N2O4/c1-14(2)11-16(13-23)22(19(25)26-20(3,4)5)18(24)17(21)12-15-9-7-6-8-10-15/h6-10,13-14,16-17H,11-12,21H2,1-5H3/t16-,17-/m0/s1. The SMILES string of the molecule is CC(C)C[C@@H](C=O)N(C(=O)OC(C)(C)C)C(=O)[C@@H](N)Cc1ccccc1. The van der Waals surface area contributed by atoms with Crippen molar-refractivity contribution in [2.45, 2.75) is 65.1 Å². The molecule has 2 N–H and O–H groups in total. The second-order valence-corrected chi connectivity index (χ2v) is 7.82. The molecule has 144 valence electrons. The van der Waals surface area contributed by atoms with Gasteiger partial charge in [-0.3, -0.25) is 4.79 Å². The van der Waals surface area contributed by atoms with Gasteiger partial charge in [0.05, 0.1) is 12.1 Å². The predicted molar refractivity (Wildman–Crippen MR) is 101 cm³/mol. The van der Waals surface area contributed by atoms with E-state index in [4.69, 9.17) is 10.5 Å². The number of aldehydes is 1. The van der Waals surface area contributed by atoms with Crippen molar-refractivity contribution in [3.8, 4) is 0 Å². The molecule has 0 fully saturated rings. The van der Waals surface area contributed by atoms with Crippen LogP contribution in [-0.4, -0.2) is 40.9 Å². The summed E-state index contributed by atoms with van der Waals surface area (Å²) in [7, 11) is 0. The third-order valence-electron chi connectivity index (χ3n) is 3.64. The maximum Gasteiger partial charge on any atom is 0.417 e. The van der Waals surface area contributed by atoms with E-state index < -0.39 is 29.7 Å². The molecule has 2 atom stereocenters. The van der Waals surface area contributed by atoms with Gasteiger partial charge in [0.1, 0.15) is 11.9 Å². The molecule has 1 aromatic rings. The summed E-state index contributed by atoms with van der Waals surface area (Å²) in [5, 5.41) is 0. The number of nitrogens with zero attached hydrogens (tertiary/aromatic N) is 1. The van der Waals surface area contributed by atoms with Crippen LogP contribution in [-0.2, 0) is 20.7 Å². The van der Waals surface area contributed by atoms with Crippen LogP contribution in [0.3, 0.4) is 0 Å². The summed E-state index contributed by atoms with van der Waals surface area (Å²) in [5.74, 6) is -0.492. The van der Waals surface area contributed by atoms with E-state index in [0.717, 1.165) is 10.5 Å². The Hall–Kier alpha value is -2.21. The predicted octanol–water partition coefficient (Wildman–Crippen LogP) is 2.93. The molecule has 0 heterocycles. The normalized spacial score (nSPS) is 13.8. The van der Waals surface area contributed by atoms with E-state index in [0.29, 0.717) is 12.7 Å². The first-order chi connectivity index (χ1) is 12.0. The summed E-state index contributed by atoms with van der Waals surface area (Å²) in [4.78, 5) is 38.0. The lowest BCUT2D eigenvalue weighted by Crippen LogP contribution is -2.54. The maximum atomic E-state index is 12.9. The van der Waals surface area contributed by atoms with Crippen molar-refractivity contribution >= 4 is 18.3 Å². The zero-order valence-corrected chi connectivity index (χ0v) is 16.3. The Balaban J connectivity index is 3.06. The highest BCUT2D eigenvalue weighted by Gasteiger charge is 2.36. The van der Waals surface area contributed by atoms with Crippen molar-refractivity contribution < 1.29 is 19.1 Å². The lowest BCUT2D eigenvalue weighted by molar-refractivity contribution is -0.137. The van der Waals surface area contributed by atoms with E-state index in [9.17, 15) is 14.4 Å². The van der Waals surface area contributed by atoms with Gasteiger partial charge in [0, 0.05) is 0 Å². The zero-order valence-electron chi connectivity index (χ0n) is 16.3. The van der Waals surface area contributed by atoms with Gasteiger partial charge in [-0.05, 0) is 45.1 Å². The van der Waals surface area contributed by atoms with Gasteiger partial charge in [0.15, 0.2) is 0 Å². The summed E-state index contributed by atoms with van der Waals surface area (Å²) in [5.41, 5.74) is 6.15. The maximum absolute atomic E-state index is 12.9. The van der Waals surface area contributed by atoms with Crippen LogP contribution in [0.25, 0.3) is 0 Å². The second-order valence-electron chi connectivity index (χ2n) is 7.82. The Bertz CT molecular complexity index is 608. The lowest BCUT2D eigenvalue weighted by atomic mass is 10.0. The minimum absolute atomic E-state index is 0.119. The fraction of sp³-hybridized carbons (Fsp3) is 0.550. The van der Waals surface area contributed by atoms with Crippen LogP contribution < -0.4 is 5.73 Å². The third kappa shape index (κ3) is 6.96. The van der Waals surface area contributed by atoms with Gasteiger partial charge in [-0.15, -0.1) is 0 Å². The molecule has 0 spiro atoms. The molecule has 26 heavy (non-hydrogen) atoms. The Morgan fingerprint density at radius 1 is 1.19 bits per heavy atom. The molecule has 1 rings (SSSR count). The molecule has 0 saturated carbocycles. The molecular weight excluding hydrogens is 332 g/mol. The topological polar surface area (TPSA) is 89.7 Å². The number of benzene rings is 1. The van der Waals surface area contributed by atoms with Crippen LogP contribution >= 0.6 is 0 Å². The number of hydrogen-bond donors (Lipinski definition) is 1. The number of ether oxygens (including phenoxy) is 1. The first-order valence-corrected chi connectivity index (χ1v) is 8.86. The zero-order chi connectivity index (χ0) is 19.9. The van der Waals surface area contributed by atoms with Gasteiger partial charge >= 0.3 is 6.09 Å². The first kappa shape index (κ1) is 21.8. The van der Waals surface area contributed by atoms with Gasteiger partial charge in [-0.2, -0.15) is 0 Å². The van der Waals surface area contributed by atoms with Crippen LogP contribution in [0, 0.1) is 5.92 Å². The number of carbonyl (C=O) groups is 3. The number of rotatable bonds is 7. The summed E-state index contributed by atoms with van der Waals surface area (Å²) >= 11 is 0. The lowest BCUT2D eigenvalue weighted by Gasteiger charge is -2.31. The summed E-state index contributed by atoms with van der Waals surface area (Å²) in [6.07, 6.45) is 0.388. The molecular formula is C20H30N2O4. The number of nitrogens with two attached hydrogens (primary N) is 1. The molecule has 0 aliphatic rings. The molecule has 6 heteroatoms. The van der Waals surface area contributed by atoms with Crippen molar-refractivity contribution in [2.24, 2.45) is 11.7 Å². The fourth-order valence-corrected chi connectivity index (χ4v) is 2.54. The fourth-order valence-electron chi connectivity index (χ4n) is 2.54. The van der Waals surface area contributed by atoms with E-state index in [2.05, 4.69) is 0 Å². The van der Waals surface area contributed by atoms with Crippen LogP contribution in [0.1, 0.15) is 46.6 Å². The van der Waals surface area contributed by atoms with E-state index in [1.54, 1.807) is 20.8 Å². The molecule has 0 bridgehead atoms. The van der Waals surface area contributed by atoms with Crippen molar-refractivity contribution in [3.63, 3.8) is 0 Å². The number of hydrogen-bond acceptors (Lipinski definition) is 5. The number of imide groups is 1. The van der Waals surface area contributed by atoms with E-state index in [-0.39, 0.29) is 12.3 Å². The molecule has 1 aromatic carbocycles. The number of carbonyl (C=O) groups excluding carboxylic acids is 3. The third-order valence-corrected chi connectivity index (χ3v) is 3.64. The minimum atomic E-state index is -0.945.